The monoisotopic (exact) mass is 235 g/mol. The molecule has 1 heterocycles. The number of aromatic nitrogens is 2. The molecule has 1 aromatic heterocycles. The highest BCUT2D eigenvalue weighted by Gasteiger charge is 2.35. The van der Waals surface area contributed by atoms with E-state index >= 15 is 0 Å². The maximum Gasteiger partial charge on any atom is 0.0596 e. The lowest BCUT2D eigenvalue weighted by atomic mass is 9.79. The van der Waals surface area contributed by atoms with Crippen LogP contribution in [-0.2, 0) is 13.0 Å². The van der Waals surface area contributed by atoms with E-state index in [0.717, 1.165) is 18.7 Å². The summed E-state index contributed by atoms with van der Waals surface area (Å²) in [5.74, 6) is 0. The van der Waals surface area contributed by atoms with E-state index in [1.54, 1.807) is 0 Å². The smallest absolute Gasteiger partial charge is 0.0596 e. The molecule has 1 aromatic rings. The third-order valence-corrected chi connectivity index (χ3v) is 4.36. The Labute approximate surface area is 104 Å². The van der Waals surface area contributed by atoms with Crippen molar-refractivity contribution in [2.45, 2.75) is 65.5 Å². The number of aryl methyl sites for hydroxylation is 2. The predicted molar refractivity (Wildman–Crippen MR) is 70.9 cm³/mol. The molecule has 0 spiro atoms. The number of hydrogen-bond donors (Lipinski definition) is 1. The molecule has 0 aliphatic heterocycles. The van der Waals surface area contributed by atoms with E-state index in [9.17, 15) is 0 Å². The highest BCUT2D eigenvalue weighted by atomic mass is 15.3. The molecule has 0 radical (unpaired) electrons. The maximum absolute atomic E-state index is 6.44. The van der Waals surface area contributed by atoms with Gasteiger partial charge in [-0.05, 0) is 38.2 Å². The molecule has 2 rings (SSSR count). The third-order valence-electron chi connectivity index (χ3n) is 4.36. The van der Waals surface area contributed by atoms with E-state index in [0.29, 0.717) is 5.41 Å². The Morgan fingerprint density at radius 3 is 2.71 bits per heavy atom. The second-order valence-electron chi connectivity index (χ2n) is 5.76. The topological polar surface area (TPSA) is 43.8 Å². The van der Waals surface area contributed by atoms with Gasteiger partial charge in [-0.3, -0.25) is 4.68 Å². The summed E-state index contributed by atoms with van der Waals surface area (Å²) < 4.78 is 2.09. The summed E-state index contributed by atoms with van der Waals surface area (Å²) in [6.45, 7) is 7.48. The molecular formula is C14H25N3. The molecular weight excluding hydrogens is 210 g/mol. The van der Waals surface area contributed by atoms with Crippen molar-refractivity contribution in [3.8, 4) is 0 Å². The van der Waals surface area contributed by atoms with Gasteiger partial charge in [0.05, 0.1) is 5.69 Å². The van der Waals surface area contributed by atoms with Crippen LogP contribution in [0.2, 0.25) is 0 Å². The lowest BCUT2D eigenvalue weighted by molar-refractivity contribution is 0.257. The van der Waals surface area contributed by atoms with E-state index < -0.39 is 0 Å². The van der Waals surface area contributed by atoms with Crippen molar-refractivity contribution in [1.29, 1.82) is 0 Å². The summed E-state index contributed by atoms with van der Waals surface area (Å²) in [6.07, 6.45) is 6.22. The Kier molecular flexibility index (Phi) is 3.57. The molecule has 0 saturated heterocycles. The van der Waals surface area contributed by atoms with E-state index in [1.165, 1.54) is 31.4 Å². The molecule has 0 bridgehead atoms. The minimum absolute atomic E-state index is 0.270. The molecule has 1 fully saturated rings. The molecule has 1 unspecified atom stereocenters. The standard InChI is InChI=1S/C14H25N3/c1-4-17-12(9-11(2)16-17)10-13(15)14(3)7-5-6-8-14/h9,13H,4-8,10,15H2,1-3H3. The lowest BCUT2D eigenvalue weighted by Crippen LogP contribution is -2.39. The fourth-order valence-electron chi connectivity index (χ4n) is 3.06. The largest absolute Gasteiger partial charge is 0.327 e. The Hall–Kier alpha value is -0.830. The van der Waals surface area contributed by atoms with Crippen LogP contribution in [0.25, 0.3) is 0 Å². The third kappa shape index (κ3) is 2.54. The molecule has 17 heavy (non-hydrogen) atoms. The molecule has 1 aliphatic rings. The van der Waals surface area contributed by atoms with Crippen molar-refractivity contribution in [3.63, 3.8) is 0 Å². The van der Waals surface area contributed by atoms with Crippen molar-refractivity contribution in [3.05, 3.63) is 17.5 Å². The van der Waals surface area contributed by atoms with Gasteiger partial charge in [0.15, 0.2) is 0 Å². The van der Waals surface area contributed by atoms with Crippen molar-refractivity contribution >= 4 is 0 Å². The number of rotatable bonds is 4. The Morgan fingerprint density at radius 2 is 2.12 bits per heavy atom. The molecule has 0 aromatic carbocycles. The first-order valence-electron chi connectivity index (χ1n) is 6.84. The van der Waals surface area contributed by atoms with Gasteiger partial charge in [0, 0.05) is 24.7 Å². The number of hydrogen-bond acceptors (Lipinski definition) is 2. The van der Waals surface area contributed by atoms with Crippen LogP contribution in [0.4, 0.5) is 0 Å². The summed E-state index contributed by atoms with van der Waals surface area (Å²) >= 11 is 0. The van der Waals surface area contributed by atoms with Gasteiger partial charge in [-0.1, -0.05) is 19.8 Å². The fourth-order valence-corrected chi connectivity index (χ4v) is 3.06. The van der Waals surface area contributed by atoms with Crippen molar-refractivity contribution in [2.24, 2.45) is 11.1 Å². The van der Waals surface area contributed by atoms with Gasteiger partial charge in [0.1, 0.15) is 0 Å². The SMILES string of the molecule is CCn1nc(C)cc1CC(N)C1(C)CCCC1. The maximum atomic E-state index is 6.44. The average Bonchev–Trinajstić information content (AvgIpc) is 2.86. The zero-order valence-corrected chi connectivity index (χ0v) is 11.4. The predicted octanol–water partition coefficient (Wildman–Crippen LogP) is 2.66. The van der Waals surface area contributed by atoms with E-state index in [2.05, 4.69) is 36.6 Å². The molecule has 1 saturated carbocycles. The highest BCUT2D eigenvalue weighted by Crippen LogP contribution is 2.40. The fraction of sp³-hybridized carbons (Fsp3) is 0.786. The molecule has 1 atom stereocenters. The van der Waals surface area contributed by atoms with Gasteiger partial charge in [0.25, 0.3) is 0 Å². The Balaban J connectivity index is 2.09. The van der Waals surface area contributed by atoms with Crippen molar-refractivity contribution < 1.29 is 0 Å². The minimum Gasteiger partial charge on any atom is -0.327 e. The van der Waals surface area contributed by atoms with E-state index in [-0.39, 0.29) is 6.04 Å². The van der Waals surface area contributed by atoms with Gasteiger partial charge >= 0.3 is 0 Å². The average molecular weight is 235 g/mol. The van der Waals surface area contributed by atoms with Gasteiger partial charge in [-0.25, -0.2) is 0 Å². The normalized spacial score (nSPS) is 20.7. The Bertz CT molecular complexity index is 375. The van der Waals surface area contributed by atoms with Crippen LogP contribution in [0.3, 0.4) is 0 Å². The minimum atomic E-state index is 0.270. The van der Waals surface area contributed by atoms with Crippen LogP contribution in [0.15, 0.2) is 6.07 Å². The Morgan fingerprint density at radius 1 is 1.47 bits per heavy atom. The lowest BCUT2D eigenvalue weighted by Gasteiger charge is -2.31. The van der Waals surface area contributed by atoms with Crippen molar-refractivity contribution in [1.82, 2.24) is 9.78 Å². The first-order valence-corrected chi connectivity index (χ1v) is 6.84. The molecule has 3 heteroatoms. The van der Waals surface area contributed by atoms with Gasteiger partial charge in [0.2, 0.25) is 0 Å². The van der Waals surface area contributed by atoms with E-state index in [4.69, 9.17) is 5.73 Å². The van der Waals surface area contributed by atoms with E-state index in [1.807, 2.05) is 0 Å². The summed E-state index contributed by atoms with van der Waals surface area (Å²) in [6, 6.07) is 2.45. The molecule has 0 amide bonds. The summed E-state index contributed by atoms with van der Waals surface area (Å²) in [4.78, 5) is 0. The second kappa shape index (κ2) is 4.81. The van der Waals surface area contributed by atoms with Crippen LogP contribution >= 0.6 is 0 Å². The first-order chi connectivity index (χ1) is 8.05. The molecule has 2 N–H and O–H groups in total. The van der Waals surface area contributed by atoms with Gasteiger partial charge in [-0.15, -0.1) is 0 Å². The summed E-state index contributed by atoms with van der Waals surface area (Å²) in [5, 5.41) is 4.49. The molecule has 1 aliphatic carbocycles. The van der Waals surface area contributed by atoms with Crippen molar-refractivity contribution in [2.75, 3.05) is 0 Å². The van der Waals surface area contributed by atoms with Gasteiger partial charge in [-0.2, -0.15) is 5.10 Å². The first kappa shape index (κ1) is 12.6. The summed E-state index contributed by atoms with van der Waals surface area (Å²) in [7, 11) is 0. The zero-order chi connectivity index (χ0) is 12.5. The van der Waals surface area contributed by atoms with Crippen LogP contribution in [-0.4, -0.2) is 15.8 Å². The summed E-state index contributed by atoms with van der Waals surface area (Å²) in [5.41, 5.74) is 9.18. The van der Waals surface area contributed by atoms with Crippen LogP contribution < -0.4 is 5.73 Å². The second-order valence-corrected chi connectivity index (χ2v) is 5.76. The van der Waals surface area contributed by atoms with Crippen LogP contribution in [0.5, 0.6) is 0 Å². The zero-order valence-electron chi connectivity index (χ0n) is 11.4. The highest BCUT2D eigenvalue weighted by molar-refractivity contribution is 5.11. The van der Waals surface area contributed by atoms with Crippen LogP contribution in [0, 0.1) is 12.3 Å². The number of nitrogens with zero attached hydrogens (tertiary/aromatic N) is 2. The number of nitrogens with two attached hydrogens (primary N) is 1. The molecule has 3 nitrogen and oxygen atoms in total. The van der Waals surface area contributed by atoms with Crippen LogP contribution in [0.1, 0.15) is 50.9 Å². The molecule has 96 valence electrons. The van der Waals surface area contributed by atoms with Gasteiger partial charge < -0.3 is 5.73 Å². The quantitative estimate of drug-likeness (QED) is 0.872.